The van der Waals surface area contributed by atoms with E-state index < -0.39 is 0 Å². The van der Waals surface area contributed by atoms with Crippen molar-refractivity contribution in [2.75, 3.05) is 45.3 Å². The summed E-state index contributed by atoms with van der Waals surface area (Å²) in [5.74, 6) is -0.169. The van der Waals surface area contributed by atoms with E-state index in [9.17, 15) is 4.79 Å². The topological polar surface area (TPSA) is 61.8 Å². The molecule has 5 nitrogen and oxygen atoms in total. The van der Waals surface area contributed by atoms with E-state index in [1.807, 2.05) is 4.90 Å². The molecule has 19 heavy (non-hydrogen) atoms. The van der Waals surface area contributed by atoms with Gasteiger partial charge in [-0.2, -0.15) is 0 Å². The Labute approximate surface area is 118 Å². The van der Waals surface area contributed by atoms with Gasteiger partial charge in [0.25, 0.3) is 0 Å². The zero-order valence-electron chi connectivity index (χ0n) is 10.9. The van der Waals surface area contributed by atoms with E-state index in [-0.39, 0.29) is 19.1 Å². The van der Waals surface area contributed by atoms with Crippen LogP contribution in [0.15, 0.2) is 24.3 Å². The number of hydrogen-bond acceptors (Lipinski definition) is 4. The van der Waals surface area contributed by atoms with Crippen molar-refractivity contribution in [1.29, 1.82) is 0 Å². The number of aliphatic hydroxyl groups is 1. The molecule has 6 heteroatoms. The summed E-state index contributed by atoms with van der Waals surface area (Å²) in [4.78, 5) is 13.7. The molecule has 0 unspecified atom stereocenters. The minimum atomic E-state index is -0.169. The summed E-state index contributed by atoms with van der Waals surface area (Å²) < 4.78 is 4.96. The maximum atomic E-state index is 11.9. The van der Waals surface area contributed by atoms with Crippen LogP contribution >= 0.6 is 11.6 Å². The average molecular weight is 287 g/mol. The molecule has 0 aliphatic carbocycles. The molecule has 0 fully saturated rings. The Morgan fingerprint density at radius 1 is 1.42 bits per heavy atom. The first-order chi connectivity index (χ1) is 9.17. The lowest BCUT2D eigenvalue weighted by molar-refractivity contribution is -0.117. The highest BCUT2D eigenvalue weighted by molar-refractivity contribution is 6.33. The van der Waals surface area contributed by atoms with E-state index in [1.165, 1.54) is 0 Å². The van der Waals surface area contributed by atoms with Crippen LogP contribution in [0.2, 0.25) is 5.02 Å². The highest BCUT2D eigenvalue weighted by Crippen LogP contribution is 2.20. The molecule has 0 heterocycles. The number of carbonyl (C=O) groups excluding carboxylic acids is 1. The van der Waals surface area contributed by atoms with Gasteiger partial charge >= 0.3 is 0 Å². The van der Waals surface area contributed by atoms with Gasteiger partial charge in [0.05, 0.1) is 30.5 Å². The molecule has 1 aromatic carbocycles. The predicted octanol–water partition coefficient (Wildman–Crippen LogP) is 1.22. The van der Waals surface area contributed by atoms with Crippen LogP contribution in [-0.4, -0.2) is 55.9 Å². The van der Waals surface area contributed by atoms with E-state index in [2.05, 4.69) is 5.32 Å². The molecule has 0 bridgehead atoms. The number of anilines is 1. The predicted molar refractivity (Wildman–Crippen MR) is 75.5 cm³/mol. The van der Waals surface area contributed by atoms with Gasteiger partial charge in [-0.1, -0.05) is 23.7 Å². The number of benzene rings is 1. The van der Waals surface area contributed by atoms with Crippen LogP contribution < -0.4 is 5.32 Å². The third kappa shape index (κ3) is 6.02. The summed E-state index contributed by atoms with van der Waals surface area (Å²) in [5, 5.41) is 12.2. The maximum Gasteiger partial charge on any atom is 0.238 e. The first-order valence-corrected chi connectivity index (χ1v) is 6.41. The molecule has 0 saturated heterocycles. The van der Waals surface area contributed by atoms with Crippen molar-refractivity contribution in [2.45, 2.75) is 0 Å². The second kappa shape index (κ2) is 8.87. The molecular weight excluding hydrogens is 268 g/mol. The van der Waals surface area contributed by atoms with E-state index in [4.69, 9.17) is 21.4 Å². The Bertz CT molecular complexity index is 401. The Morgan fingerprint density at radius 3 is 2.79 bits per heavy atom. The highest BCUT2D eigenvalue weighted by atomic mass is 35.5. The smallest absolute Gasteiger partial charge is 0.238 e. The largest absolute Gasteiger partial charge is 0.395 e. The van der Waals surface area contributed by atoms with Crippen molar-refractivity contribution in [3.8, 4) is 0 Å². The number of methoxy groups -OCH3 is 1. The molecule has 1 rings (SSSR count). The molecule has 0 aliphatic heterocycles. The number of rotatable bonds is 8. The molecule has 2 N–H and O–H groups in total. The first-order valence-electron chi connectivity index (χ1n) is 6.04. The summed E-state index contributed by atoms with van der Waals surface area (Å²) in [6, 6.07) is 7.06. The number of ether oxygens (including phenoxy) is 1. The number of para-hydroxylation sites is 1. The van der Waals surface area contributed by atoms with E-state index >= 15 is 0 Å². The van der Waals surface area contributed by atoms with Crippen LogP contribution in [0.5, 0.6) is 0 Å². The second-order valence-electron chi connectivity index (χ2n) is 4.02. The highest BCUT2D eigenvalue weighted by Gasteiger charge is 2.11. The van der Waals surface area contributed by atoms with Crippen LogP contribution in [-0.2, 0) is 9.53 Å². The number of carbonyl (C=O) groups is 1. The fraction of sp³-hybridized carbons (Fsp3) is 0.462. The van der Waals surface area contributed by atoms with Crippen LogP contribution in [0.25, 0.3) is 0 Å². The Balaban J connectivity index is 2.50. The van der Waals surface area contributed by atoms with Crippen molar-refractivity contribution < 1.29 is 14.6 Å². The SMILES string of the molecule is COCCN(CCO)CC(=O)Nc1ccccc1Cl. The van der Waals surface area contributed by atoms with Gasteiger partial charge in [-0.05, 0) is 12.1 Å². The number of aliphatic hydroxyl groups excluding tert-OH is 1. The van der Waals surface area contributed by atoms with Gasteiger partial charge in [-0.25, -0.2) is 0 Å². The number of amides is 1. The average Bonchev–Trinajstić information content (AvgIpc) is 2.39. The lowest BCUT2D eigenvalue weighted by Gasteiger charge is -2.20. The number of hydrogen-bond donors (Lipinski definition) is 2. The minimum Gasteiger partial charge on any atom is -0.395 e. The van der Waals surface area contributed by atoms with Gasteiger partial charge in [0.1, 0.15) is 0 Å². The number of nitrogens with one attached hydrogen (secondary N) is 1. The van der Waals surface area contributed by atoms with E-state index in [0.717, 1.165) is 0 Å². The molecule has 1 aromatic rings. The van der Waals surface area contributed by atoms with Crippen LogP contribution in [0, 0.1) is 0 Å². The molecule has 0 spiro atoms. The molecule has 0 radical (unpaired) electrons. The molecule has 0 atom stereocenters. The molecule has 0 saturated carbocycles. The van der Waals surface area contributed by atoms with Gasteiger partial charge in [-0.15, -0.1) is 0 Å². The third-order valence-corrected chi connectivity index (χ3v) is 2.87. The lowest BCUT2D eigenvalue weighted by atomic mass is 10.3. The molecule has 106 valence electrons. The van der Waals surface area contributed by atoms with Crippen LogP contribution in [0.3, 0.4) is 0 Å². The van der Waals surface area contributed by atoms with Crippen molar-refractivity contribution in [3.63, 3.8) is 0 Å². The summed E-state index contributed by atoms with van der Waals surface area (Å²) in [5.41, 5.74) is 0.588. The molecule has 1 amide bonds. The normalized spacial score (nSPS) is 10.7. The summed E-state index contributed by atoms with van der Waals surface area (Å²) in [7, 11) is 1.60. The third-order valence-electron chi connectivity index (χ3n) is 2.54. The quantitative estimate of drug-likeness (QED) is 0.754. The minimum absolute atomic E-state index is 0.00306. The summed E-state index contributed by atoms with van der Waals surface area (Å²) >= 11 is 5.96. The summed E-state index contributed by atoms with van der Waals surface area (Å²) in [6.45, 7) is 1.73. The van der Waals surface area contributed by atoms with Crippen LogP contribution in [0.4, 0.5) is 5.69 Å². The maximum absolute atomic E-state index is 11.9. The zero-order chi connectivity index (χ0) is 14.1. The van der Waals surface area contributed by atoms with Crippen molar-refractivity contribution in [2.24, 2.45) is 0 Å². The van der Waals surface area contributed by atoms with Crippen LogP contribution in [0.1, 0.15) is 0 Å². The zero-order valence-corrected chi connectivity index (χ0v) is 11.7. The summed E-state index contributed by atoms with van der Waals surface area (Å²) in [6.07, 6.45) is 0. The fourth-order valence-electron chi connectivity index (χ4n) is 1.59. The van der Waals surface area contributed by atoms with Crippen molar-refractivity contribution >= 4 is 23.2 Å². The standard InChI is InChI=1S/C13H19ClN2O3/c1-19-9-7-16(6-8-17)10-13(18)15-12-5-3-2-4-11(12)14/h2-5,17H,6-10H2,1H3,(H,15,18). The molecular formula is C13H19ClN2O3. The number of nitrogens with zero attached hydrogens (tertiary/aromatic N) is 1. The Hall–Kier alpha value is -1.14. The first kappa shape index (κ1) is 15.9. The molecule has 0 aliphatic rings. The van der Waals surface area contributed by atoms with Crippen molar-refractivity contribution in [1.82, 2.24) is 4.90 Å². The number of halogens is 1. The van der Waals surface area contributed by atoms with Gasteiger partial charge in [-0.3, -0.25) is 9.69 Å². The Morgan fingerprint density at radius 2 is 2.16 bits per heavy atom. The van der Waals surface area contributed by atoms with E-state index in [0.29, 0.717) is 30.4 Å². The molecule has 0 aromatic heterocycles. The van der Waals surface area contributed by atoms with Crippen molar-refractivity contribution in [3.05, 3.63) is 29.3 Å². The fourth-order valence-corrected chi connectivity index (χ4v) is 1.77. The van der Waals surface area contributed by atoms with Gasteiger partial charge in [0.15, 0.2) is 0 Å². The van der Waals surface area contributed by atoms with Gasteiger partial charge in [0.2, 0.25) is 5.91 Å². The van der Waals surface area contributed by atoms with Gasteiger partial charge < -0.3 is 15.2 Å². The Kier molecular flexibility index (Phi) is 7.43. The second-order valence-corrected chi connectivity index (χ2v) is 4.43. The van der Waals surface area contributed by atoms with Gasteiger partial charge in [0, 0.05) is 20.2 Å². The van der Waals surface area contributed by atoms with E-state index in [1.54, 1.807) is 31.4 Å². The lowest BCUT2D eigenvalue weighted by Crippen LogP contribution is -2.37. The monoisotopic (exact) mass is 286 g/mol.